The molecule has 4 atom stereocenters. The minimum atomic E-state index is -2.53. The van der Waals surface area contributed by atoms with Gasteiger partial charge >= 0.3 is 0 Å². The summed E-state index contributed by atoms with van der Waals surface area (Å²) >= 11 is 0. The normalized spacial score (nSPS) is 30.0. The molecule has 4 rings (SSSR count). The van der Waals surface area contributed by atoms with E-state index in [1.165, 1.54) is 16.7 Å². The standard InChI is InChI=1S/C24H30O2Si/c1-18-21-15-24(21,17-25)16-22(18)26-27(23(2,3)4,19-11-7-5-8-12-19)20-13-9-6-10-14-20/h5-14,17-18,21-22H,15-16H2,1-4H3/t18-,21-,22-,24+/m0/s1. The van der Waals surface area contributed by atoms with Crippen LogP contribution in [0.15, 0.2) is 60.7 Å². The van der Waals surface area contributed by atoms with Crippen LogP contribution >= 0.6 is 0 Å². The average Bonchev–Trinajstić information content (AvgIpc) is 3.33. The first kappa shape index (κ1) is 18.6. The highest BCUT2D eigenvalue weighted by atomic mass is 28.4. The smallest absolute Gasteiger partial charge is 0.261 e. The Hall–Kier alpha value is -1.71. The topological polar surface area (TPSA) is 26.3 Å². The van der Waals surface area contributed by atoms with E-state index in [1.807, 2.05) is 0 Å². The number of carbonyl (C=O) groups excluding carboxylic acids is 1. The van der Waals surface area contributed by atoms with Crippen molar-refractivity contribution in [2.75, 3.05) is 0 Å². The molecule has 0 radical (unpaired) electrons. The van der Waals surface area contributed by atoms with Gasteiger partial charge in [0.1, 0.15) is 6.29 Å². The molecule has 2 saturated carbocycles. The minimum absolute atomic E-state index is 0.0173. The van der Waals surface area contributed by atoms with E-state index < -0.39 is 8.32 Å². The van der Waals surface area contributed by atoms with Gasteiger partial charge in [0, 0.05) is 11.5 Å². The molecular formula is C24H30O2Si. The Morgan fingerprint density at radius 2 is 1.48 bits per heavy atom. The summed E-state index contributed by atoms with van der Waals surface area (Å²) in [6, 6.07) is 21.6. The molecule has 0 amide bonds. The molecule has 2 aromatic rings. The Morgan fingerprint density at radius 1 is 0.963 bits per heavy atom. The summed E-state index contributed by atoms with van der Waals surface area (Å²) in [6.45, 7) is 9.23. The van der Waals surface area contributed by atoms with Crippen molar-refractivity contribution in [3.63, 3.8) is 0 Å². The molecule has 0 aliphatic heterocycles. The highest BCUT2D eigenvalue weighted by molar-refractivity contribution is 6.99. The second-order valence-corrected chi connectivity index (χ2v) is 13.8. The molecule has 0 heterocycles. The molecule has 0 saturated heterocycles. The van der Waals surface area contributed by atoms with Crippen LogP contribution in [0, 0.1) is 17.3 Å². The van der Waals surface area contributed by atoms with Crippen molar-refractivity contribution in [2.45, 2.75) is 51.7 Å². The molecule has 142 valence electrons. The molecule has 0 spiro atoms. The molecule has 0 bridgehead atoms. The average molecular weight is 379 g/mol. The van der Waals surface area contributed by atoms with Gasteiger partial charge in [0.25, 0.3) is 8.32 Å². The number of carbonyl (C=O) groups is 1. The van der Waals surface area contributed by atoms with Gasteiger partial charge in [-0.2, -0.15) is 0 Å². The number of hydrogen-bond acceptors (Lipinski definition) is 2. The second-order valence-electron chi connectivity index (χ2n) is 9.54. The Kier molecular flexibility index (Phi) is 4.43. The molecule has 2 aliphatic carbocycles. The van der Waals surface area contributed by atoms with Crippen LogP contribution in [0.2, 0.25) is 5.04 Å². The zero-order valence-corrected chi connectivity index (χ0v) is 17.8. The summed E-state index contributed by atoms with van der Waals surface area (Å²) in [5.41, 5.74) is -0.102. The Balaban J connectivity index is 1.82. The molecule has 0 aromatic heterocycles. The van der Waals surface area contributed by atoms with Crippen LogP contribution in [0.5, 0.6) is 0 Å². The van der Waals surface area contributed by atoms with E-state index in [-0.39, 0.29) is 16.6 Å². The Labute approximate surface area is 164 Å². The van der Waals surface area contributed by atoms with Gasteiger partial charge in [0.15, 0.2) is 0 Å². The highest BCUT2D eigenvalue weighted by Gasteiger charge is 2.66. The van der Waals surface area contributed by atoms with Gasteiger partial charge in [-0.25, -0.2) is 0 Å². The van der Waals surface area contributed by atoms with Crippen molar-refractivity contribution in [1.29, 1.82) is 0 Å². The van der Waals surface area contributed by atoms with E-state index in [0.29, 0.717) is 11.8 Å². The van der Waals surface area contributed by atoms with Crippen molar-refractivity contribution < 1.29 is 9.22 Å². The first-order chi connectivity index (χ1) is 12.8. The fourth-order valence-electron chi connectivity index (χ4n) is 5.37. The maximum Gasteiger partial charge on any atom is 0.261 e. The van der Waals surface area contributed by atoms with Gasteiger partial charge in [0.05, 0.1) is 0 Å². The number of hydrogen-bond donors (Lipinski definition) is 0. The Bertz CT molecular complexity index is 772. The van der Waals surface area contributed by atoms with Crippen LogP contribution < -0.4 is 10.4 Å². The zero-order valence-electron chi connectivity index (χ0n) is 16.8. The van der Waals surface area contributed by atoms with E-state index in [0.717, 1.165) is 12.8 Å². The number of fused-ring (bicyclic) bond motifs is 1. The lowest BCUT2D eigenvalue weighted by molar-refractivity contribution is -0.112. The van der Waals surface area contributed by atoms with E-state index in [1.54, 1.807) is 0 Å². The number of benzene rings is 2. The summed E-state index contributed by atoms with van der Waals surface area (Å²) in [4.78, 5) is 11.7. The summed E-state index contributed by atoms with van der Waals surface area (Å²) < 4.78 is 7.26. The minimum Gasteiger partial charge on any atom is -0.404 e. The van der Waals surface area contributed by atoms with Crippen molar-refractivity contribution in [3.8, 4) is 0 Å². The largest absolute Gasteiger partial charge is 0.404 e. The van der Waals surface area contributed by atoms with Gasteiger partial charge < -0.3 is 9.22 Å². The summed E-state index contributed by atoms with van der Waals surface area (Å²) in [5.74, 6) is 0.954. The third-order valence-corrected chi connectivity index (χ3v) is 12.0. The zero-order chi connectivity index (χ0) is 19.3. The monoisotopic (exact) mass is 378 g/mol. The molecule has 0 unspecified atom stereocenters. The highest BCUT2D eigenvalue weighted by Crippen LogP contribution is 2.65. The SMILES string of the molecule is C[C@@H]1[C@@H](O[Si](c2ccccc2)(c2ccccc2)C(C)(C)C)C[C@@]2(C=O)C[C@@H]12. The van der Waals surface area contributed by atoms with E-state index in [9.17, 15) is 4.79 Å². The van der Waals surface area contributed by atoms with Crippen LogP contribution in [0.3, 0.4) is 0 Å². The number of aldehydes is 1. The van der Waals surface area contributed by atoms with Gasteiger partial charge in [-0.15, -0.1) is 0 Å². The third kappa shape index (κ3) is 2.83. The third-order valence-electron chi connectivity index (χ3n) is 6.96. The maximum atomic E-state index is 11.7. The lowest BCUT2D eigenvalue weighted by Crippen LogP contribution is -2.68. The molecule has 27 heavy (non-hydrogen) atoms. The predicted molar refractivity (Wildman–Crippen MR) is 113 cm³/mol. The molecule has 2 aliphatic rings. The fourth-order valence-corrected chi connectivity index (χ4v) is 10.1. The molecule has 2 fully saturated rings. The van der Waals surface area contributed by atoms with E-state index in [4.69, 9.17) is 4.43 Å². The second kappa shape index (κ2) is 6.42. The summed E-state index contributed by atoms with van der Waals surface area (Å²) in [5, 5.41) is 2.62. The van der Waals surface area contributed by atoms with Gasteiger partial charge in [-0.05, 0) is 40.1 Å². The van der Waals surface area contributed by atoms with Crippen molar-refractivity contribution in [3.05, 3.63) is 60.7 Å². The lowest BCUT2D eigenvalue weighted by atomic mass is 10.0. The van der Waals surface area contributed by atoms with Crippen LogP contribution in [0.4, 0.5) is 0 Å². The Morgan fingerprint density at radius 3 is 1.89 bits per heavy atom. The molecule has 0 N–H and O–H groups in total. The maximum absolute atomic E-state index is 11.7. The van der Waals surface area contributed by atoms with Crippen LogP contribution in [-0.2, 0) is 9.22 Å². The molecular weight excluding hydrogens is 348 g/mol. The predicted octanol–water partition coefficient (Wildman–Crippen LogP) is 4.18. The fraction of sp³-hybridized carbons (Fsp3) is 0.458. The number of rotatable bonds is 5. The first-order valence-electron chi connectivity index (χ1n) is 10.1. The van der Waals surface area contributed by atoms with Gasteiger partial charge in [-0.1, -0.05) is 88.4 Å². The first-order valence-corrected chi connectivity index (χ1v) is 12.0. The van der Waals surface area contributed by atoms with Crippen molar-refractivity contribution >= 4 is 25.0 Å². The van der Waals surface area contributed by atoms with Crippen molar-refractivity contribution in [2.24, 2.45) is 17.3 Å². The van der Waals surface area contributed by atoms with E-state index >= 15 is 0 Å². The van der Waals surface area contributed by atoms with Crippen LogP contribution in [0.1, 0.15) is 40.5 Å². The van der Waals surface area contributed by atoms with E-state index in [2.05, 4.69) is 88.4 Å². The van der Waals surface area contributed by atoms with Crippen LogP contribution in [0.25, 0.3) is 0 Å². The quantitative estimate of drug-likeness (QED) is 0.576. The molecule has 2 nitrogen and oxygen atoms in total. The summed E-state index contributed by atoms with van der Waals surface area (Å²) in [6.07, 6.45) is 3.30. The van der Waals surface area contributed by atoms with Gasteiger partial charge in [0.2, 0.25) is 0 Å². The molecule has 3 heteroatoms. The lowest BCUT2D eigenvalue weighted by Gasteiger charge is -2.45. The summed E-state index contributed by atoms with van der Waals surface area (Å²) in [7, 11) is -2.53. The van der Waals surface area contributed by atoms with Crippen LogP contribution in [-0.4, -0.2) is 20.7 Å². The molecule has 2 aromatic carbocycles. The van der Waals surface area contributed by atoms with Gasteiger partial charge in [-0.3, -0.25) is 0 Å². The van der Waals surface area contributed by atoms with Crippen molar-refractivity contribution in [1.82, 2.24) is 0 Å².